The van der Waals surface area contributed by atoms with E-state index in [1.807, 2.05) is 25.1 Å². The maximum atomic E-state index is 13.6. The average molecular weight is 448 g/mol. The van der Waals surface area contributed by atoms with Gasteiger partial charge in [0.1, 0.15) is 23.2 Å². The number of H-pyrrole nitrogens is 1. The summed E-state index contributed by atoms with van der Waals surface area (Å²) < 4.78 is 3.12. The first kappa shape index (κ1) is 18.9. The summed E-state index contributed by atoms with van der Waals surface area (Å²) in [7, 11) is 0. The van der Waals surface area contributed by atoms with Crippen LogP contribution in [-0.4, -0.2) is 45.6 Å². The molecule has 10 nitrogen and oxygen atoms in total. The number of hydrogen-bond acceptors (Lipinski definition) is 7. The van der Waals surface area contributed by atoms with Gasteiger partial charge in [-0.15, -0.1) is 0 Å². The zero-order valence-electron chi connectivity index (χ0n) is 17.1. The Bertz CT molecular complexity index is 1540. The lowest BCUT2D eigenvalue weighted by atomic mass is 10.2. The SMILES string of the molecule is Cc1cccc(-n2c([C@@H]3CCCN3c3ncnc4[nH]cnc34)nn3ccc(Cl)c3c2=O)n1. The molecule has 0 saturated carbocycles. The Balaban J connectivity index is 1.61. The largest absolute Gasteiger partial charge is 0.344 e. The second-order valence-electron chi connectivity index (χ2n) is 7.74. The molecule has 6 rings (SSSR count). The van der Waals surface area contributed by atoms with E-state index in [0.29, 0.717) is 39.2 Å². The van der Waals surface area contributed by atoms with Gasteiger partial charge in [0.25, 0.3) is 5.56 Å². The molecule has 6 heterocycles. The predicted octanol–water partition coefficient (Wildman–Crippen LogP) is 2.85. The van der Waals surface area contributed by atoms with Crippen molar-refractivity contribution in [2.75, 3.05) is 11.4 Å². The summed E-state index contributed by atoms with van der Waals surface area (Å²) in [5, 5.41) is 5.18. The van der Waals surface area contributed by atoms with Crippen molar-refractivity contribution in [3.05, 3.63) is 70.0 Å². The van der Waals surface area contributed by atoms with Crippen molar-refractivity contribution < 1.29 is 0 Å². The second kappa shape index (κ2) is 7.13. The maximum absolute atomic E-state index is 13.6. The highest BCUT2D eigenvalue weighted by Crippen LogP contribution is 2.36. The lowest BCUT2D eigenvalue weighted by Gasteiger charge is -2.27. The standard InChI is InChI=1S/C21H18ClN9O/c1-12-4-2-6-15(27-12)31-19(28-30-9-7-13(22)17(30)21(31)32)14-5-3-8-29(14)20-16-18(24-10-23-16)25-11-26-20/h2,4,6-7,9-11,14H,3,5,8H2,1H3,(H,23,24,25,26)/t14-/m0/s1. The first-order valence-corrected chi connectivity index (χ1v) is 10.6. The summed E-state index contributed by atoms with van der Waals surface area (Å²) in [5.74, 6) is 1.80. The van der Waals surface area contributed by atoms with Crippen molar-refractivity contribution in [2.45, 2.75) is 25.8 Å². The third kappa shape index (κ3) is 2.79. The van der Waals surface area contributed by atoms with Crippen LogP contribution in [0.2, 0.25) is 5.02 Å². The molecule has 11 heteroatoms. The number of rotatable bonds is 3. The minimum absolute atomic E-state index is 0.203. The van der Waals surface area contributed by atoms with Crippen LogP contribution in [0, 0.1) is 6.92 Å². The number of nitrogens with one attached hydrogen (secondary N) is 1. The number of fused-ring (bicyclic) bond motifs is 2. The highest BCUT2D eigenvalue weighted by Gasteiger charge is 2.34. The number of aromatic nitrogens is 8. The number of halogens is 1. The molecule has 0 amide bonds. The van der Waals surface area contributed by atoms with E-state index in [0.717, 1.165) is 25.1 Å². The summed E-state index contributed by atoms with van der Waals surface area (Å²) in [5.41, 5.74) is 2.22. The van der Waals surface area contributed by atoms with Crippen molar-refractivity contribution in [2.24, 2.45) is 0 Å². The molecule has 1 fully saturated rings. The third-order valence-electron chi connectivity index (χ3n) is 5.79. The molecule has 5 aromatic heterocycles. The molecule has 0 aliphatic carbocycles. The number of nitrogens with zero attached hydrogens (tertiary/aromatic N) is 8. The molecule has 1 atom stereocenters. The molecule has 160 valence electrons. The smallest absolute Gasteiger partial charge is 0.285 e. The molecule has 32 heavy (non-hydrogen) atoms. The fourth-order valence-electron chi connectivity index (χ4n) is 4.39. The third-order valence-corrected chi connectivity index (χ3v) is 6.09. The van der Waals surface area contributed by atoms with Crippen molar-refractivity contribution in [3.63, 3.8) is 0 Å². The molecule has 1 aliphatic rings. The lowest BCUT2D eigenvalue weighted by molar-refractivity contribution is 0.597. The number of imidazole rings is 1. The number of aryl methyl sites for hydroxylation is 1. The van der Waals surface area contributed by atoms with Gasteiger partial charge in [0, 0.05) is 18.4 Å². The topological polar surface area (TPSA) is 110 Å². The minimum Gasteiger partial charge on any atom is -0.344 e. The monoisotopic (exact) mass is 447 g/mol. The number of hydrogen-bond donors (Lipinski definition) is 1. The van der Waals surface area contributed by atoms with E-state index in [2.05, 4.69) is 29.8 Å². The molecule has 1 saturated heterocycles. The van der Waals surface area contributed by atoms with Gasteiger partial charge in [-0.1, -0.05) is 17.7 Å². The van der Waals surface area contributed by atoms with E-state index >= 15 is 0 Å². The van der Waals surface area contributed by atoms with Gasteiger partial charge in [0.2, 0.25) is 0 Å². The van der Waals surface area contributed by atoms with Gasteiger partial charge >= 0.3 is 0 Å². The highest BCUT2D eigenvalue weighted by atomic mass is 35.5. The number of aromatic amines is 1. The quantitative estimate of drug-likeness (QED) is 0.452. The van der Waals surface area contributed by atoms with Crippen molar-refractivity contribution in [1.29, 1.82) is 0 Å². The normalized spacial score (nSPS) is 16.4. The predicted molar refractivity (Wildman–Crippen MR) is 119 cm³/mol. The Hall–Kier alpha value is -3.79. The van der Waals surface area contributed by atoms with Crippen LogP contribution in [0.25, 0.3) is 22.5 Å². The van der Waals surface area contributed by atoms with E-state index < -0.39 is 0 Å². The molecule has 5 aromatic rings. The van der Waals surface area contributed by atoms with E-state index in [1.165, 1.54) is 6.33 Å². The van der Waals surface area contributed by atoms with Crippen LogP contribution >= 0.6 is 11.6 Å². The van der Waals surface area contributed by atoms with Gasteiger partial charge in [0.15, 0.2) is 17.3 Å². The minimum atomic E-state index is -0.262. The Morgan fingerprint density at radius 3 is 2.97 bits per heavy atom. The van der Waals surface area contributed by atoms with Gasteiger partial charge in [-0.25, -0.2) is 29.0 Å². The lowest BCUT2D eigenvalue weighted by Crippen LogP contribution is -2.33. The van der Waals surface area contributed by atoms with Crippen LogP contribution in [0.1, 0.15) is 30.4 Å². The average Bonchev–Trinajstić information content (AvgIpc) is 3.53. The summed E-state index contributed by atoms with van der Waals surface area (Å²) in [6.07, 6.45) is 6.54. The first-order chi connectivity index (χ1) is 15.6. The van der Waals surface area contributed by atoms with Gasteiger partial charge in [0.05, 0.1) is 17.4 Å². The van der Waals surface area contributed by atoms with E-state index in [4.69, 9.17) is 16.7 Å². The summed E-state index contributed by atoms with van der Waals surface area (Å²) in [4.78, 5) is 36.6. The summed E-state index contributed by atoms with van der Waals surface area (Å²) in [6.45, 7) is 2.65. The summed E-state index contributed by atoms with van der Waals surface area (Å²) in [6, 6.07) is 7.05. The molecule has 0 aromatic carbocycles. The Morgan fingerprint density at radius 2 is 2.09 bits per heavy atom. The first-order valence-electron chi connectivity index (χ1n) is 10.3. The molecule has 0 spiro atoms. The number of anilines is 1. The number of pyridine rings is 1. The molecule has 0 bridgehead atoms. The summed E-state index contributed by atoms with van der Waals surface area (Å²) >= 11 is 6.32. The van der Waals surface area contributed by atoms with Gasteiger partial charge in [-0.2, -0.15) is 5.10 Å². The Morgan fingerprint density at radius 1 is 1.19 bits per heavy atom. The molecular weight excluding hydrogens is 430 g/mol. The van der Waals surface area contributed by atoms with Crippen LogP contribution in [-0.2, 0) is 0 Å². The van der Waals surface area contributed by atoms with Crippen LogP contribution in [0.5, 0.6) is 0 Å². The molecule has 1 aliphatic heterocycles. The van der Waals surface area contributed by atoms with Gasteiger partial charge < -0.3 is 9.88 Å². The zero-order valence-corrected chi connectivity index (χ0v) is 17.9. The van der Waals surface area contributed by atoms with Crippen LogP contribution in [0.15, 0.2) is 47.9 Å². The van der Waals surface area contributed by atoms with E-state index in [9.17, 15) is 4.79 Å². The zero-order chi connectivity index (χ0) is 21.8. The maximum Gasteiger partial charge on any atom is 0.285 e. The molecular formula is C21H18ClN9O. The molecule has 0 radical (unpaired) electrons. The van der Waals surface area contributed by atoms with Gasteiger partial charge in [-0.3, -0.25) is 4.79 Å². The highest BCUT2D eigenvalue weighted by molar-refractivity contribution is 6.33. The van der Waals surface area contributed by atoms with Crippen molar-refractivity contribution >= 4 is 34.1 Å². The molecule has 1 N–H and O–H groups in total. The van der Waals surface area contributed by atoms with Crippen molar-refractivity contribution in [3.8, 4) is 5.82 Å². The van der Waals surface area contributed by atoms with Crippen molar-refractivity contribution in [1.82, 2.24) is 39.1 Å². The van der Waals surface area contributed by atoms with E-state index in [-0.39, 0.29) is 11.6 Å². The van der Waals surface area contributed by atoms with E-state index in [1.54, 1.807) is 27.7 Å². The van der Waals surface area contributed by atoms with Crippen LogP contribution < -0.4 is 10.5 Å². The fourth-order valence-corrected chi connectivity index (χ4v) is 4.61. The Labute approximate surface area is 186 Å². The fraction of sp³-hybridized carbons (Fsp3) is 0.238. The molecule has 0 unspecified atom stereocenters. The van der Waals surface area contributed by atoms with Gasteiger partial charge in [-0.05, 0) is 38.0 Å². The van der Waals surface area contributed by atoms with Crippen LogP contribution in [0.4, 0.5) is 5.82 Å². The Kier molecular flexibility index (Phi) is 4.22. The second-order valence-corrected chi connectivity index (χ2v) is 8.15. The van der Waals surface area contributed by atoms with Crippen LogP contribution in [0.3, 0.4) is 0 Å².